The lowest BCUT2D eigenvalue weighted by Crippen LogP contribution is -2.34. The van der Waals surface area contributed by atoms with Crippen molar-refractivity contribution in [3.8, 4) is 0 Å². The molecule has 1 heterocycles. The molecule has 2 rings (SSSR count). The van der Waals surface area contributed by atoms with E-state index < -0.39 is 0 Å². The highest BCUT2D eigenvalue weighted by molar-refractivity contribution is 5.89. The Labute approximate surface area is 125 Å². The van der Waals surface area contributed by atoms with Gasteiger partial charge in [-0.25, -0.2) is 14.8 Å². The molecule has 1 aromatic carbocycles. The molecule has 110 valence electrons. The van der Waals surface area contributed by atoms with Gasteiger partial charge in [-0.15, -0.1) is 0 Å². The maximum atomic E-state index is 12.3. The summed E-state index contributed by atoms with van der Waals surface area (Å²) < 4.78 is 0. The van der Waals surface area contributed by atoms with E-state index in [4.69, 9.17) is 0 Å². The van der Waals surface area contributed by atoms with Crippen LogP contribution >= 0.6 is 0 Å². The molecule has 0 fully saturated rings. The van der Waals surface area contributed by atoms with Gasteiger partial charge in [0.25, 0.3) is 0 Å². The second-order valence-electron chi connectivity index (χ2n) is 5.15. The Balaban J connectivity index is 2.07. The molecule has 0 saturated heterocycles. The number of nitrogens with one attached hydrogen (secondary N) is 1. The van der Waals surface area contributed by atoms with E-state index in [0.29, 0.717) is 0 Å². The molecule has 0 saturated carbocycles. The van der Waals surface area contributed by atoms with Gasteiger partial charge >= 0.3 is 6.03 Å². The second-order valence-corrected chi connectivity index (χ2v) is 5.15. The number of carbonyl (C=O) groups excluding carboxylic acids is 1. The fourth-order valence-corrected chi connectivity index (χ4v) is 1.95. The van der Waals surface area contributed by atoms with Crippen LogP contribution in [0.2, 0.25) is 0 Å². The highest BCUT2D eigenvalue weighted by Crippen LogP contribution is 2.18. The molecule has 5 heteroatoms. The van der Waals surface area contributed by atoms with Crippen molar-refractivity contribution < 1.29 is 4.79 Å². The standard InChI is InChI=1S/C16H20N4O/c1-11-5-6-14(9-12(11)2)19-16(21)20(4)13(3)15-7-8-17-10-18-15/h5-10,13H,1-4H3,(H,19,21)/t13-/m0/s1. The molecule has 0 unspecified atom stereocenters. The predicted molar refractivity (Wildman–Crippen MR) is 83.1 cm³/mol. The fraction of sp³-hybridized carbons (Fsp3) is 0.312. The first-order valence-electron chi connectivity index (χ1n) is 6.86. The molecule has 0 aliphatic rings. The van der Waals surface area contributed by atoms with Gasteiger partial charge in [0.15, 0.2) is 0 Å². The van der Waals surface area contributed by atoms with Crippen LogP contribution in [-0.4, -0.2) is 27.9 Å². The minimum absolute atomic E-state index is 0.125. The smallest absolute Gasteiger partial charge is 0.319 e. The number of anilines is 1. The van der Waals surface area contributed by atoms with Gasteiger partial charge in [-0.3, -0.25) is 0 Å². The Morgan fingerprint density at radius 3 is 2.62 bits per heavy atom. The van der Waals surface area contributed by atoms with E-state index in [1.807, 2.05) is 45.0 Å². The average Bonchev–Trinajstić information content (AvgIpc) is 2.50. The molecular weight excluding hydrogens is 264 g/mol. The van der Waals surface area contributed by atoms with E-state index >= 15 is 0 Å². The zero-order chi connectivity index (χ0) is 15.4. The van der Waals surface area contributed by atoms with Gasteiger partial charge < -0.3 is 10.2 Å². The van der Waals surface area contributed by atoms with Crippen molar-refractivity contribution in [1.82, 2.24) is 14.9 Å². The highest BCUT2D eigenvalue weighted by atomic mass is 16.2. The van der Waals surface area contributed by atoms with Crippen molar-refractivity contribution in [2.24, 2.45) is 0 Å². The topological polar surface area (TPSA) is 58.1 Å². The van der Waals surface area contributed by atoms with Gasteiger partial charge in [0.2, 0.25) is 0 Å². The van der Waals surface area contributed by atoms with E-state index in [0.717, 1.165) is 16.9 Å². The number of amides is 2. The Morgan fingerprint density at radius 2 is 2.00 bits per heavy atom. The first-order chi connectivity index (χ1) is 9.99. The lowest BCUT2D eigenvalue weighted by Gasteiger charge is -2.24. The number of urea groups is 1. The SMILES string of the molecule is Cc1ccc(NC(=O)N(C)[C@@H](C)c2ccncn2)cc1C. The third kappa shape index (κ3) is 3.56. The molecule has 21 heavy (non-hydrogen) atoms. The summed E-state index contributed by atoms with van der Waals surface area (Å²) >= 11 is 0. The van der Waals surface area contributed by atoms with Gasteiger partial charge in [0, 0.05) is 18.9 Å². The number of aryl methyl sites for hydroxylation is 2. The predicted octanol–water partition coefficient (Wildman–Crippen LogP) is 3.32. The lowest BCUT2D eigenvalue weighted by molar-refractivity contribution is 0.207. The summed E-state index contributed by atoms with van der Waals surface area (Å²) in [6.45, 7) is 6.00. The minimum Gasteiger partial charge on any atom is -0.319 e. The fourth-order valence-electron chi connectivity index (χ4n) is 1.95. The van der Waals surface area contributed by atoms with E-state index in [9.17, 15) is 4.79 Å². The minimum atomic E-state index is -0.163. The molecule has 5 nitrogen and oxygen atoms in total. The van der Waals surface area contributed by atoms with Gasteiger partial charge in [-0.2, -0.15) is 0 Å². The summed E-state index contributed by atoms with van der Waals surface area (Å²) in [5.74, 6) is 0. The first-order valence-corrected chi connectivity index (χ1v) is 6.86. The van der Waals surface area contributed by atoms with Crippen molar-refractivity contribution >= 4 is 11.7 Å². The molecular formula is C16H20N4O. The van der Waals surface area contributed by atoms with Crippen molar-refractivity contribution in [2.75, 3.05) is 12.4 Å². The third-order valence-corrected chi connectivity index (χ3v) is 3.69. The van der Waals surface area contributed by atoms with Crippen LogP contribution in [0.25, 0.3) is 0 Å². The summed E-state index contributed by atoms with van der Waals surface area (Å²) in [6, 6.07) is 7.40. The van der Waals surface area contributed by atoms with Gasteiger partial charge in [-0.05, 0) is 50.1 Å². The lowest BCUT2D eigenvalue weighted by atomic mass is 10.1. The quantitative estimate of drug-likeness (QED) is 0.940. The summed E-state index contributed by atoms with van der Waals surface area (Å²) in [6.07, 6.45) is 3.16. The molecule has 1 atom stereocenters. The maximum Gasteiger partial charge on any atom is 0.322 e. The highest BCUT2D eigenvalue weighted by Gasteiger charge is 2.18. The Bertz CT molecular complexity index is 627. The van der Waals surface area contributed by atoms with Gasteiger partial charge in [0.05, 0.1) is 11.7 Å². The molecule has 0 bridgehead atoms. The summed E-state index contributed by atoms with van der Waals surface area (Å²) in [7, 11) is 1.75. The van der Waals surface area contributed by atoms with Crippen LogP contribution in [0.15, 0.2) is 36.8 Å². The molecule has 0 aliphatic carbocycles. The van der Waals surface area contributed by atoms with Crippen LogP contribution in [0, 0.1) is 13.8 Å². The zero-order valence-electron chi connectivity index (χ0n) is 12.8. The normalized spacial score (nSPS) is 11.8. The van der Waals surface area contributed by atoms with Gasteiger partial charge in [-0.1, -0.05) is 6.07 Å². The third-order valence-electron chi connectivity index (χ3n) is 3.69. The monoisotopic (exact) mass is 284 g/mol. The van der Waals surface area contributed by atoms with Crippen molar-refractivity contribution in [3.63, 3.8) is 0 Å². The summed E-state index contributed by atoms with van der Waals surface area (Å²) in [4.78, 5) is 22.0. The van der Waals surface area contributed by atoms with Crippen LogP contribution in [0.5, 0.6) is 0 Å². The molecule has 2 aromatic rings. The number of rotatable bonds is 3. The number of aromatic nitrogens is 2. The second kappa shape index (κ2) is 6.35. The molecule has 2 amide bonds. The Hall–Kier alpha value is -2.43. The van der Waals surface area contributed by atoms with E-state index in [2.05, 4.69) is 15.3 Å². The van der Waals surface area contributed by atoms with Crippen molar-refractivity contribution in [1.29, 1.82) is 0 Å². The van der Waals surface area contributed by atoms with Crippen LogP contribution in [0.4, 0.5) is 10.5 Å². The Kier molecular flexibility index (Phi) is 4.52. The number of hydrogen-bond donors (Lipinski definition) is 1. The van der Waals surface area contributed by atoms with Crippen LogP contribution in [-0.2, 0) is 0 Å². The number of carbonyl (C=O) groups is 1. The van der Waals surface area contributed by atoms with E-state index in [-0.39, 0.29) is 12.1 Å². The average molecular weight is 284 g/mol. The van der Waals surface area contributed by atoms with Crippen LogP contribution < -0.4 is 5.32 Å². The van der Waals surface area contributed by atoms with Crippen molar-refractivity contribution in [3.05, 3.63) is 53.6 Å². The molecule has 0 radical (unpaired) electrons. The largest absolute Gasteiger partial charge is 0.322 e. The maximum absolute atomic E-state index is 12.3. The molecule has 1 aromatic heterocycles. The van der Waals surface area contributed by atoms with Crippen molar-refractivity contribution in [2.45, 2.75) is 26.8 Å². The molecule has 1 N–H and O–H groups in total. The number of hydrogen-bond acceptors (Lipinski definition) is 3. The number of nitrogens with zero attached hydrogens (tertiary/aromatic N) is 3. The molecule has 0 aliphatic heterocycles. The molecule has 0 spiro atoms. The van der Waals surface area contributed by atoms with Gasteiger partial charge in [0.1, 0.15) is 6.33 Å². The van der Waals surface area contributed by atoms with Crippen LogP contribution in [0.1, 0.15) is 29.8 Å². The number of benzene rings is 1. The Morgan fingerprint density at radius 1 is 1.24 bits per heavy atom. The van der Waals surface area contributed by atoms with E-state index in [1.54, 1.807) is 18.1 Å². The first kappa shape index (κ1) is 15.0. The van der Waals surface area contributed by atoms with Crippen LogP contribution in [0.3, 0.4) is 0 Å². The summed E-state index contributed by atoms with van der Waals surface area (Å²) in [5, 5.41) is 2.90. The van der Waals surface area contributed by atoms with E-state index in [1.165, 1.54) is 11.9 Å². The summed E-state index contributed by atoms with van der Waals surface area (Å²) in [5.41, 5.74) is 3.96. The zero-order valence-corrected chi connectivity index (χ0v) is 12.8.